The van der Waals surface area contributed by atoms with E-state index in [4.69, 9.17) is 4.74 Å². The van der Waals surface area contributed by atoms with E-state index in [1.54, 1.807) is 67.8 Å². The molecule has 3 aromatic carbocycles. The molecule has 0 bridgehead atoms. The standard InChI is InChI=1S/C30H29FN6O5S/c1-36(2)13-14-37(43(4,40)41)26-10-7-20(17-22(26)31)34-28(18-6-9-23-25(15-18)33-12-11-32-23)27-21-8-5-19(30(39)42-3)16-24(21)35-29(27)38/h5-12,15-17,34H,13-14H2,1-4H3,(H,35,38). The van der Waals surface area contributed by atoms with Crippen LogP contribution in [-0.4, -0.2) is 75.7 Å². The highest BCUT2D eigenvalue weighted by Crippen LogP contribution is 2.39. The molecule has 1 amide bonds. The molecule has 0 unspecified atom stereocenters. The molecule has 2 N–H and O–H groups in total. The van der Waals surface area contributed by atoms with Gasteiger partial charge in [-0.3, -0.25) is 19.1 Å². The lowest BCUT2D eigenvalue weighted by Crippen LogP contribution is -2.36. The summed E-state index contributed by atoms with van der Waals surface area (Å²) < 4.78 is 46.4. The Balaban J connectivity index is 1.62. The monoisotopic (exact) mass is 604 g/mol. The number of hydrogen-bond acceptors (Lipinski definition) is 9. The summed E-state index contributed by atoms with van der Waals surface area (Å²) in [5.74, 6) is -1.75. The molecule has 0 radical (unpaired) electrons. The van der Waals surface area contributed by atoms with Crippen LogP contribution < -0.4 is 14.9 Å². The number of methoxy groups -OCH3 is 1. The number of esters is 1. The van der Waals surface area contributed by atoms with Crippen LogP contribution in [0.4, 0.5) is 21.5 Å². The van der Waals surface area contributed by atoms with Gasteiger partial charge in [0.25, 0.3) is 5.91 Å². The summed E-state index contributed by atoms with van der Waals surface area (Å²) in [6.07, 6.45) is 4.15. The van der Waals surface area contributed by atoms with E-state index in [0.717, 1.165) is 10.6 Å². The van der Waals surface area contributed by atoms with Crippen LogP contribution in [0.3, 0.4) is 0 Å². The number of fused-ring (bicyclic) bond motifs is 2. The number of sulfonamides is 1. The number of nitrogens with zero attached hydrogens (tertiary/aromatic N) is 4. The molecule has 1 aliphatic heterocycles. The zero-order valence-electron chi connectivity index (χ0n) is 23.9. The quantitative estimate of drug-likeness (QED) is 0.216. The fourth-order valence-electron chi connectivity index (χ4n) is 4.75. The molecule has 0 saturated carbocycles. The van der Waals surface area contributed by atoms with Crippen molar-refractivity contribution in [3.05, 3.63) is 89.5 Å². The molecule has 0 fully saturated rings. The first-order chi connectivity index (χ1) is 20.5. The third kappa shape index (κ3) is 6.17. The number of likely N-dealkylation sites (N-methyl/N-ethyl adjacent to an activating group) is 1. The average Bonchev–Trinajstić information content (AvgIpc) is 3.30. The molecule has 2 heterocycles. The van der Waals surface area contributed by atoms with Gasteiger partial charge < -0.3 is 20.3 Å². The van der Waals surface area contributed by atoms with Gasteiger partial charge in [0.1, 0.15) is 5.82 Å². The Morgan fingerprint density at radius 3 is 2.37 bits per heavy atom. The van der Waals surface area contributed by atoms with Crippen LogP contribution in [0.1, 0.15) is 21.5 Å². The number of carbonyl (C=O) groups is 2. The summed E-state index contributed by atoms with van der Waals surface area (Å²) in [6, 6.07) is 14.1. The molecule has 4 aromatic rings. The number of aromatic nitrogens is 2. The van der Waals surface area contributed by atoms with E-state index >= 15 is 4.39 Å². The van der Waals surface area contributed by atoms with Gasteiger partial charge in [0.15, 0.2) is 0 Å². The molecule has 0 spiro atoms. The highest BCUT2D eigenvalue weighted by Gasteiger charge is 2.30. The molecule has 13 heteroatoms. The zero-order valence-corrected chi connectivity index (χ0v) is 24.7. The lowest BCUT2D eigenvalue weighted by atomic mass is 9.98. The van der Waals surface area contributed by atoms with Crippen LogP contribution in [-0.2, 0) is 19.6 Å². The van der Waals surface area contributed by atoms with Crippen molar-refractivity contribution >= 4 is 61.3 Å². The van der Waals surface area contributed by atoms with Gasteiger partial charge in [-0.15, -0.1) is 0 Å². The van der Waals surface area contributed by atoms with Crippen LogP contribution >= 0.6 is 0 Å². The average molecular weight is 605 g/mol. The molecule has 0 aliphatic carbocycles. The Labute approximate surface area is 248 Å². The van der Waals surface area contributed by atoms with E-state index < -0.39 is 27.7 Å². The van der Waals surface area contributed by atoms with Crippen LogP contribution in [0.15, 0.2) is 67.0 Å². The summed E-state index contributed by atoms with van der Waals surface area (Å²) in [4.78, 5) is 36.0. The maximum atomic E-state index is 15.5. The number of carbonyl (C=O) groups excluding carboxylic acids is 2. The second-order valence-electron chi connectivity index (χ2n) is 10.1. The first-order valence-corrected chi connectivity index (χ1v) is 15.0. The summed E-state index contributed by atoms with van der Waals surface area (Å²) in [7, 11) is 1.10. The fraction of sp³-hybridized carbons (Fsp3) is 0.200. The first-order valence-electron chi connectivity index (χ1n) is 13.1. The molecule has 43 heavy (non-hydrogen) atoms. The summed E-state index contributed by atoms with van der Waals surface area (Å²) >= 11 is 0. The number of ether oxygens (including phenoxy) is 1. The minimum atomic E-state index is -3.76. The van der Waals surface area contributed by atoms with Crippen molar-refractivity contribution < 1.29 is 27.1 Å². The molecule has 0 saturated heterocycles. The van der Waals surface area contributed by atoms with Crippen molar-refractivity contribution in [2.24, 2.45) is 0 Å². The Morgan fingerprint density at radius 1 is 0.977 bits per heavy atom. The number of amides is 1. The van der Waals surface area contributed by atoms with Gasteiger partial charge in [0, 0.05) is 42.3 Å². The molecule has 222 valence electrons. The predicted molar refractivity (Wildman–Crippen MR) is 164 cm³/mol. The highest BCUT2D eigenvalue weighted by molar-refractivity contribution is 7.92. The van der Waals surface area contributed by atoms with Crippen LogP contribution in [0.2, 0.25) is 0 Å². The smallest absolute Gasteiger partial charge is 0.337 e. The van der Waals surface area contributed by atoms with E-state index in [1.165, 1.54) is 25.3 Å². The van der Waals surface area contributed by atoms with Gasteiger partial charge >= 0.3 is 5.97 Å². The normalized spacial score (nSPS) is 14.0. The maximum Gasteiger partial charge on any atom is 0.337 e. The highest BCUT2D eigenvalue weighted by atomic mass is 32.2. The van der Waals surface area contributed by atoms with E-state index in [0.29, 0.717) is 40.1 Å². The summed E-state index contributed by atoms with van der Waals surface area (Å²) in [5.41, 5.74) is 3.75. The third-order valence-electron chi connectivity index (χ3n) is 6.83. The largest absolute Gasteiger partial charge is 0.465 e. The number of rotatable bonds is 9. The van der Waals surface area contributed by atoms with Crippen LogP contribution in [0.5, 0.6) is 0 Å². The fourth-order valence-corrected chi connectivity index (χ4v) is 5.67. The molecular formula is C30H29FN6O5S. The Morgan fingerprint density at radius 2 is 1.70 bits per heavy atom. The molecule has 1 aliphatic rings. The van der Waals surface area contributed by atoms with Crippen molar-refractivity contribution in [3.8, 4) is 0 Å². The third-order valence-corrected chi connectivity index (χ3v) is 8.01. The van der Waals surface area contributed by atoms with Gasteiger partial charge in [-0.2, -0.15) is 0 Å². The number of halogens is 1. The van der Waals surface area contributed by atoms with Crippen molar-refractivity contribution in [2.75, 3.05) is 55.5 Å². The Hall–Kier alpha value is -4.88. The number of anilines is 3. The number of benzene rings is 3. The molecule has 0 atom stereocenters. The second-order valence-corrected chi connectivity index (χ2v) is 12.1. The Bertz CT molecular complexity index is 1890. The summed E-state index contributed by atoms with van der Waals surface area (Å²) in [5, 5.41) is 5.97. The summed E-state index contributed by atoms with van der Waals surface area (Å²) in [6.45, 7) is 0.452. The van der Waals surface area contributed by atoms with Crippen LogP contribution in [0, 0.1) is 5.82 Å². The minimum absolute atomic E-state index is 0.0630. The van der Waals surface area contributed by atoms with E-state index in [1.807, 2.05) is 0 Å². The van der Waals surface area contributed by atoms with Crippen molar-refractivity contribution in [1.29, 1.82) is 0 Å². The lowest BCUT2D eigenvalue weighted by molar-refractivity contribution is -0.110. The first kappa shape index (κ1) is 29.6. The van der Waals surface area contributed by atoms with E-state index in [9.17, 15) is 18.0 Å². The van der Waals surface area contributed by atoms with Crippen molar-refractivity contribution in [1.82, 2.24) is 14.9 Å². The van der Waals surface area contributed by atoms with Gasteiger partial charge in [0.05, 0.1) is 52.6 Å². The molecule has 11 nitrogen and oxygen atoms in total. The van der Waals surface area contributed by atoms with Gasteiger partial charge in [0.2, 0.25) is 10.0 Å². The van der Waals surface area contributed by atoms with E-state index in [-0.39, 0.29) is 29.1 Å². The van der Waals surface area contributed by atoms with E-state index in [2.05, 4.69) is 20.6 Å². The maximum absolute atomic E-state index is 15.5. The van der Waals surface area contributed by atoms with Crippen molar-refractivity contribution in [2.45, 2.75) is 0 Å². The van der Waals surface area contributed by atoms with Crippen molar-refractivity contribution in [3.63, 3.8) is 0 Å². The zero-order chi connectivity index (χ0) is 30.9. The molecular weight excluding hydrogens is 575 g/mol. The number of nitrogens with one attached hydrogen (secondary N) is 2. The number of hydrogen-bond donors (Lipinski definition) is 2. The molecule has 5 rings (SSSR count). The second kappa shape index (κ2) is 11.8. The Kier molecular flexibility index (Phi) is 8.11. The topological polar surface area (TPSA) is 134 Å². The molecule has 1 aromatic heterocycles. The van der Waals surface area contributed by atoms with Gasteiger partial charge in [-0.25, -0.2) is 17.6 Å². The lowest BCUT2D eigenvalue weighted by Gasteiger charge is -2.25. The minimum Gasteiger partial charge on any atom is -0.465 e. The predicted octanol–water partition coefficient (Wildman–Crippen LogP) is 3.82. The SMILES string of the molecule is COC(=O)c1ccc2c(c1)NC(=O)C2=C(Nc1ccc(N(CCN(C)C)S(C)(=O)=O)c(F)c1)c1ccc2nccnc2c1. The van der Waals surface area contributed by atoms with Gasteiger partial charge in [-0.1, -0.05) is 12.1 Å². The van der Waals surface area contributed by atoms with Gasteiger partial charge in [-0.05, 0) is 56.6 Å². The van der Waals surface area contributed by atoms with Crippen LogP contribution in [0.25, 0.3) is 22.3 Å².